The summed E-state index contributed by atoms with van der Waals surface area (Å²) in [6, 6.07) is 14.7. The summed E-state index contributed by atoms with van der Waals surface area (Å²) in [5.74, 6) is -0.0586. The van der Waals surface area contributed by atoms with E-state index in [0.717, 1.165) is 15.9 Å². The number of aromatic nitrogens is 1. The number of nitrogens with two attached hydrogens (primary N) is 2. The summed E-state index contributed by atoms with van der Waals surface area (Å²) in [7, 11) is 0. The van der Waals surface area contributed by atoms with Crippen LogP contribution in [0.15, 0.2) is 54.7 Å². The number of nitrogen functional groups attached to an aromatic ring is 2. The first-order chi connectivity index (χ1) is 10.5. The number of amidine groups is 2. The molecule has 0 radical (unpaired) electrons. The van der Waals surface area contributed by atoms with Gasteiger partial charge in [-0.2, -0.15) is 0 Å². The van der Waals surface area contributed by atoms with E-state index in [0.29, 0.717) is 11.1 Å². The molecule has 1 aromatic heterocycles. The zero-order valence-electron chi connectivity index (χ0n) is 12.1. The van der Waals surface area contributed by atoms with E-state index in [4.69, 9.17) is 33.9 Å². The van der Waals surface area contributed by atoms with Gasteiger partial charge in [-0.1, -0.05) is 29.8 Å². The first-order valence-corrected chi connectivity index (χ1v) is 6.87. The molecule has 0 fully saturated rings. The molecule has 0 aliphatic carbocycles. The van der Waals surface area contributed by atoms with E-state index in [-0.39, 0.29) is 24.1 Å². The molecule has 0 saturated carbocycles. The van der Waals surface area contributed by atoms with Crippen molar-refractivity contribution >= 4 is 46.6 Å². The van der Waals surface area contributed by atoms with Crippen molar-refractivity contribution in [1.82, 2.24) is 4.98 Å². The number of H-pyrrole nitrogens is 1. The number of hydrogen-bond acceptors (Lipinski definition) is 2. The van der Waals surface area contributed by atoms with E-state index < -0.39 is 0 Å². The number of rotatable bonds is 2. The third-order valence-corrected chi connectivity index (χ3v) is 3.26. The Kier molecular flexibility index (Phi) is 6.63. The Morgan fingerprint density at radius 1 is 0.957 bits per heavy atom. The fourth-order valence-electron chi connectivity index (χ4n) is 1.96. The van der Waals surface area contributed by atoms with Crippen molar-refractivity contribution in [3.63, 3.8) is 0 Å². The van der Waals surface area contributed by atoms with Gasteiger partial charge in [0.05, 0.1) is 0 Å². The lowest BCUT2D eigenvalue weighted by Gasteiger charge is -2.04. The number of halogens is 2. The Balaban J connectivity index is 0.000000280. The maximum Gasteiger partial charge on any atom is 0.123 e. The van der Waals surface area contributed by atoms with Gasteiger partial charge < -0.3 is 16.5 Å². The van der Waals surface area contributed by atoms with E-state index >= 15 is 0 Å². The Bertz CT molecular complexity index is 812. The number of hydrogen-bond donors (Lipinski definition) is 5. The average Bonchev–Trinajstić information content (AvgIpc) is 2.95. The molecule has 23 heavy (non-hydrogen) atoms. The van der Waals surface area contributed by atoms with Gasteiger partial charge in [0, 0.05) is 33.2 Å². The second-order valence-corrected chi connectivity index (χ2v) is 5.02. The van der Waals surface area contributed by atoms with Gasteiger partial charge in [-0.25, -0.2) is 0 Å². The SMILES string of the molecule is Cl.Clc1ccccc1.N=C(N)c1cc(C(=N)N)c2cc[nH]c2c1. The minimum absolute atomic E-state index is 0. The van der Waals surface area contributed by atoms with Crippen LogP contribution < -0.4 is 11.5 Å². The van der Waals surface area contributed by atoms with E-state index in [9.17, 15) is 0 Å². The van der Waals surface area contributed by atoms with Gasteiger partial charge in [-0.15, -0.1) is 12.4 Å². The monoisotopic (exact) mass is 349 g/mol. The van der Waals surface area contributed by atoms with Crippen molar-refractivity contribution in [2.45, 2.75) is 0 Å². The first kappa shape index (κ1) is 18.5. The Labute approximate surface area is 145 Å². The zero-order chi connectivity index (χ0) is 16.1. The van der Waals surface area contributed by atoms with Crippen LogP contribution in [0.25, 0.3) is 10.9 Å². The van der Waals surface area contributed by atoms with E-state index in [1.54, 1.807) is 18.3 Å². The van der Waals surface area contributed by atoms with Gasteiger partial charge in [0.1, 0.15) is 11.7 Å². The van der Waals surface area contributed by atoms with Crippen LogP contribution in [-0.2, 0) is 0 Å². The van der Waals surface area contributed by atoms with Crippen LogP contribution in [0.3, 0.4) is 0 Å². The summed E-state index contributed by atoms with van der Waals surface area (Å²) >= 11 is 5.54. The molecule has 1 heterocycles. The number of nitrogens with one attached hydrogen (secondary N) is 3. The fraction of sp³-hybridized carbons (Fsp3) is 0. The molecular weight excluding hydrogens is 333 g/mol. The molecule has 120 valence electrons. The van der Waals surface area contributed by atoms with E-state index in [1.807, 2.05) is 36.4 Å². The van der Waals surface area contributed by atoms with Crippen LogP contribution >= 0.6 is 24.0 Å². The fourth-order valence-corrected chi connectivity index (χ4v) is 2.11. The van der Waals surface area contributed by atoms with Crippen LogP contribution in [-0.4, -0.2) is 16.7 Å². The van der Waals surface area contributed by atoms with Gasteiger partial charge >= 0.3 is 0 Å². The van der Waals surface area contributed by atoms with Gasteiger partial charge in [0.25, 0.3) is 0 Å². The van der Waals surface area contributed by atoms with Crippen molar-refractivity contribution in [1.29, 1.82) is 10.8 Å². The van der Waals surface area contributed by atoms with Gasteiger partial charge in [-0.3, -0.25) is 10.8 Å². The first-order valence-electron chi connectivity index (χ1n) is 6.49. The normalized spacial score (nSPS) is 9.43. The third kappa shape index (κ3) is 4.74. The molecular formula is C16H17Cl2N5. The summed E-state index contributed by atoms with van der Waals surface area (Å²) in [6.45, 7) is 0. The lowest BCUT2D eigenvalue weighted by Crippen LogP contribution is -2.15. The summed E-state index contributed by atoms with van der Waals surface area (Å²) in [5, 5.41) is 16.5. The van der Waals surface area contributed by atoms with Gasteiger partial charge in [0.15, 0.2) is 0 Å². The van der Waals surface area contributed by atoms with E-state index in [2.05, 4.69) is 4.98 Å². The standard InChI is InChI=1S/C10H11N5.C6H5Cl.ClH/c11-9(12)5-3-7(10(13)14)6-1-2-15-8(6)4-5;7-6-4-2-1-3-5-6;/h1-4,15H,(H3,11,12)(H3,13,14);1-5H;1H. The minimum Gasteiger partial charge on any atom is -0.384 e. The number of benzene rings is 2. The molecule has 0 amide bonds. The molecule has 2 aromatic carbocycles. The zero-order valence-corrected chi connectivity index (χ0v) is 13.7. The molecule has 0 unspecified atom stereocenters. The van der Waals surface area contributed by atoms with Crippen molar-refractivity contribution in [3.8, 4) is 0 Å². The van der Waals surface area contributed by atoms with Crippen molar-refractivity contribution in [3.05, 3.63) is 70.9 Å². The average molecular weight is 350 g/mol. The minimum atomic E-state index is -0.0333. The second-order valence-electron chi connectivity index (χ2n) is 4.59. The van der Waals surface area contributed by atoms with Crippen LogP contribution in [0.1, 0.15) is 11.1 Å². The van der Waals surface area contributed by atoms with Crippen molar-refractivity contribution < 1.29 is 0 Å². The molecule has 0 aliphatic rings. The van der Waals surface area contributed by atoms with Gasteiger partial charge in [0.2, 0.25) is 0 Å². The molecule has 7 heteroatoms. The second kappa shape index (κ2) is 8.22. The number of aromatic amines is 1. The number of fused-ring (bicyclic) bond motifs is 1. The van der Waals surface area contributed by atoms with Crippen LogP contribution in [0.5, 0.6) is 0 Å². The molecule has 0 saturated heterocycles. The van der Waals surface area contributed by atoms with Crippen molar-refractivity contribution in [2.75, 3.05) is 0 Å². The molecule has 0 atom stereocenters. The summed E-state index contributed by atoms with van der Waals surface area (Å²) in [6.07, 6.45) is 1.76. The molecule has 0 bridgehead atoms. The highest BCUT2D eigenvalue weighted by Crippen LogP contribution is 2.19. The molecule has 0 aliphatic heterocycles. The quantitative estimate of drug-likeness (QED) is 0.359. The smallest absolute Gasteiger partial charge is 0.123 e. The Hall–Kier alpha value is -2.50. The largest absolute Gasteiger partial charge is 0.384 e. The molecule has 7 N–H and O–H groups in total. The highest BCUT2D eigenvalue weighted by molar-refractivity contribution is 6.30. The maximum absolute atomic E-state index is 7.45. The predicted molar refractivity (Wildman–Crippen MR) is 99.0 cm³/mol. The van der Waals surface area contributed by atoms with Crippen LogP contribution in [0, 0.1) is 10.8 Å². The Morgan fingerprint density at radius 3 is 2.09 bits per heavy atom. The van der Waals surface area contributed by atoms with Crippen LogP contribution in [0.2, 0.25) is 5.02 Å². The van der Waals surface area contributed by atoms with Gasteiger partial charge in [-0.05, 0) is 30.3 Å². The maximum atomic E-state index is 7.45. The highest BCUT2D eigenvalue weighted by atomic mass is 35.5. The Morgan fingerprint density at radius 2 is 1.61 bits per heavy atom. The predicted octanol–water partition coefficient (Wildman–Crippen LogP) is 3.50. The molecule has 5 nitrogen and oxygen atoms in total. The third-order valence-electron chi connectivity index (χ3n) is 3.00. The van der Waals surface area contributed by atoms with Crippen molar-refractivity contribution in [2.24, 2.45) is 11.5 Å². The lowest BCUT2D eigenvalue weighted by atomic mass is 10.0. The van der Waals surface area contributed by atoms with Crippen LogP contribution in [0.4, 0.5) is 0 Å². The lowest BCUT2D eigenvalue weighted by molar-refractivity contribution is 1.40. The van der Waals surface area contributed by atoms with E-state index in [1.165, 1.54) is 0 Å². The topological polar surface area (TPSA) is 116 Å². The molecule has 3 aromatic rings. The summed E-state index contributed by atoms with van der Waals surface area (Å²) in [4.78, 5) is 3.01. The molecule has 0 spiro atoms. The summed E-state index contributed by atoms with van der Waals surface area (Å²) in [5.41, 5.74) is 12.9. The molecule has 3 rings (SSSR count). The highest BCUT2D eigenvalue weighted by Gasteiger charge is 2.08. The summed E-state index contributed by atoms with van der Waals surface area (Å²) < 4.78 is 0.